The molecule has 0 aliphatic rings. The van der Waals surface area contributed by atoms with Crippen molar-refractivity contribution < 1.29 is 4.79 Å². The molecule has 0 aromatic heterocycles. The molecule has 118 valence electrons. The van der Waals surface area contributed by atoms with Crippen LogP contribution in [0.5, 0.6) is 0 Å². The number of hydrogen-bond donors (Lipinski definition) is 0. The highest BCUT2D eigenvalue weighted by Crippen LogP contribution is 2.37. The Morgan fingerprint density at radius 2 is 1.77 bits per heavy atom. The van der Waals surface area contributed by atoms with Gasteiger partial charge in [-0.1, -0.05) is 56.3 Å². The maximum absolute atomic E-state index is 12.2. The summed E-state index contributed by atoms with van der Waals surface area (Å²) in [5.41, 5.74) is 0.774. The molecule has 0 aliphatic heterocycles. The van der Waals surface area contributed by atoms with Crippen molar-refractivity contribution in [1.29, 1.82) is 0 Å². The van der Waals surface area contributed by atoms with Crippen LogP contribution >= 0.6 is 0 Å². The molecular formula is C20H27NO. The van der Waals surface area contributed by atoms with E-state index in [-0.39, 0.29) is 0 Å². The lowest BCUT2D eigenvalue weighted by atomic mass is 9.71. The predicted molar refractivity (Wildman–Crippen MR) is 94.3 cm³/mol. The zero-order valence-corrected chi connectivity index (χ0v) is 14.2. The van der Waals surface area contributed by atoms with Gasteiger partial charge in [-0.05, 0) is 55.7 Å². The molecule has 0 spiro atoms. The number of hydrogen-bond acceptors (Lipinski definition) is 2. The first-order valence-corrected chi connectivity index (χ1v) is 8.08. The molecule has 2 nitrogen and oxygen atoms in total. The molecule has 0 bridgehead atoms. The van der Waals surface area contributed by atoms with E-state index in [0.717, 1.165) is 19.4 Å². The lowest BCUT2D eigenvalue weighted by molar-refractivity contribution is -0.113. The van der Waals surface area contributed by atoms with Gasteiger partial charge in [0.1, 0.15) is 6.29 Å². The van der Waals surface area contributed by atoms with E-state index in [0.29, 0.717) is 5.92 Å². The minimum Gasteiger partial charge on any atom is -0.309 e. The third-order valence-electron chi connectivity index (χ3n) is 4.33. The monoisotopic (exact) mass is 297 g/mol. The Morgan fingerprint density at radius 1 is 1.09 bits per heavy atom. The molecule has 0 saturated carbocycles. The topological polar surface area (TPSA) is 20.3 Å². The van der Waals surface area contributed by atoms with Gasteiger partial charge in [-0.15, -0.1) is 0 Å². The van der Waals surface area contributed by atoms with Crippen molar-refractivity contribution in [3.63, 3.8) is 0 Å². The van der Waals surface area contributed by atoms with E-state index < -0.39 is 5.41 Å². The number of aldehydes is 1. The molecular weight excluding hydrogens is 270 g/mol. The van der Waals surface area contributed by atoms with Crippen molar-refractivity contribution in [2.45, 2.75) is 32.1 Å². The second-order valence-electron chi connectivity index (χ2n) is 6.95. The van der Waals surface area contributed by atoms with Gasteiger partial charge in [-0.2, -0.15) is 0 Å². The molecule has 2 aromatic rings. The molecule has 0 aliphatic carbocycles. The van der Waals surface area contributed by atoms with Gasteiger partial charge in [-0.3, -0.25) is 0 Å². The number of fused-ring (bicyclic) bond motifs is 1. The molecule has 2 rings (SSSR count). The van der Waals surface area contributed by atoms with Crippen LogP contribution in [0.15, 0.2) is 42.5 Å². The molecule has 0 amide bonds. The Hall–Kier alpha value is -1.67. The summed E-state index contributed by atoms with van der Waals surface area (Å²) in [4.78, 5) is 14.4. The number of rotatable bonds is 7. The maximum Gasteiger partial charge on any atom is 0.130 e. The Morgan fingerprint density at radius 3 is 2.41 bits per heavy atom. The van der Waals surface area contributed by atoms with Crippen LogP contribution in [0.25, 0.3) is 10.8 Å². The van der Waals surface area contributed by atoms with Crippen molar-refractivity contribution in [2.75, 3.05) is 20.6 Å². The Labute approximate surface area is 134 Å². The predicted octanol–water partition coefficient (Wildman–Crippen LogP) is 4.27. The molecule has 0 fully saturated rings. The molecule has 22 heavy (non-hydrogen) atoms. The van der Waals surface area contributed by atoms with Crippen molar-refractivity contribution >= 4 is 17.1 Å². The molecule has 0 saturated heterocycles. The molecule has 0 radical (unpaired) electrons. The first kappa shape index (κ1) is 16.7. The molecule has 2 heteroatoms. The second kappa shape index (κ2) is 7.06. The minimum absolute atomic E-state index is 0.403. The zero-order valence-electron chi connectivity index (χ0n) is 14.2. The standard InChI is InChI=1S/C20H27NO/c1-16(2)14-20(15-22,12-13-21(3)4)19-11-7-9-17-8-5-6-10-18(17)19/h5-11,15-16H,12-14H2,1-4H3. The number of carbonyl (C=O) groups is 1. The molecule has 1 atom stereocenters. The summed E-state index contributed by atoms with van der Waals surface area (Å²) in [5.74, 6) is 0.478. The summed E-state index contributed by atoms with van der Waals surface area (Å²) in [5, 5.41) is 2.41. The van der Waals surface area contributed by atoms with E-state index in [1.807, 2.05) is 0 Å². The normalized spacial score (nSPS) is 14.5. The number of benzene rings is 2. The van der Waals surface area contributed by atoms with E-state index in [2.05, 4.69) is 75.3 Å². The average Bonchev–Trinajstić information content (AvgIpc) is 2.50. The van der Waals surface area contributed by atoms with Crippen LogP contribution in [-0.4, -0.2) is 31.8 Å². The van der Waals surface area contributed by atoms with E-state index in [1.165, 1.54) is 22.6 Å². The maximum atomic E-state index is 12.2. The number of carbonyl (C=O) groups excluding carboxylic acids is 1. The SMILES string of the molecule is CC(C)CC(C=O)(CCN(C)C)c1cccc2ccccc12. The highest BCUT2D eigenvalue weighted by molar-refractivity contribution is 5.90. The van der Waals surface area contributed by atoms with E-state index in [4.69, 9.17) is 0 Å². The lowest BCUT2D eigenvalue weighted by Crippen LogP contribution is -2.34. The Bertz CT molecular complexity index is 627. The van der Waals surface area contributed by atoms with Crippen LogP contribution in [0.2, 0.25) is 0 Å². The van der Waals surface area contributed by atoms with Crippen LogP contribution in [0.3, 0.4) is 0 Å². The van der Waals surface area contributed by atoms with Gasteiger partial charge < -0.3 is 9.69 Å². The van der Waals surface area contributed by atoms with Gasteiger partial charge in [0, 0.05) is 0 Å². The van der Waals surface area contributed by atoms with Crippen LogP contribution < -0.4 is 0 Å². The smallest absolute Gasteiger partial charge is 0.130 e. The average molecular weight is 297 g/mol. The fraction of sp³-hybridized carbons (Fsp3) is 0.450. The van der Waals surface area contributed by atoms with Crippen molar-refractivity contribution in [1.82, 2.24) is 4.90 Å². The third kappa shape index (κ3) is 3.56. The van der Waals surface area contributed by atoms with Gasteiger partial charge >= 0.3 is 0 Å². The van der Waals surface area contributed by atoms with Crippen LogP contribution in [0.1, 0.15) is 32.3 Å². The van der Waals surface area contributed by atoms with E-state index in [9.17, 15) is 4.79 Å². The van der Waals surface area contributed by atoms with Crippen LogP contribution in [0.4, 0.5) is 0 Å². The third-order valence-corrected chi connectivity index (χ3v) is 4.33. The molecule has 1 unspecified atom stereocenters. The highest BCUT2D eigenvalue weighted by Gasteiger charge is 2.34. The largest absolute Gasteiger partial charge is 0.309 e. The first-order chi connectivity index (χ1) is 10.5. The van der Waals surface area contributed by atoms with Gasteiger partial charge in [0.25, 0.3) is 0 Å². The van der Waals surface area contributed by atoms with Gasteiger partial charge in [0.2, 0.25) is 0 Å². The van der Waals surface area contributed by atoms with Gasteiger partial charge in [-0.25, -0.2) is 0 Å². The quantitative estimate of drug-likeness (QED) is 0.711. The van der Waals surface area contributed by atoms with Gasteiger partial charge in [0.15, 0.2) is 0 Å². The van der Waals surface area contributed by atoms with Crippen molar-refractivity contribution in [2.24, 2.45) is 5.92 Å². The summed E-state index contributed by atoms with van der Waals surface area (Å²) in [6.45, 7) is 5.30. The van der Waals surface area contributed by atoms with E-state index >= 15 is 0 Å². The molecule has 0 heterocycles. The summed E-state index contributed by atoms with van der Waals surface area (Å²) in [7, 11) is 4.13. The minimum atomic E-state index is -0.403. The lowest BCUT2D eigenvalue weighted by Gasteiger charge is -2.32. The fourth-order valence-electron chi connectivity index (χ4n) is 3.33. The van der Waals surface area contributed by atoms with Gasteiger partial charge in [0.05, 0.1) is 5.41 Å². The fourth-order valence-corrected chi connectivity index (χ4v) is 3.33. The second-order valence-corrected chi connectivity index (χ2v) is 6.95. The first-order valence-electron chi connectivity index (χ1n) is 8.08. The summed E-state index contributed by atoms with van der Waals surface area (Å²) in [6, 6.07) is 14.7. The van der Waals surface area contributed by atoms with Crippen molar-refractivity contribution in [3.8, 4) is 0 Å². The Kier molecular flexibility index (Phi) is 5.36. The van der Waals surface area contributed by atoms with Crippen molar-refractivity contribution in [3.05, 3.63) is 48.0 Å². The van der Waals surface area contributed by atoms with Crippen LogP contribution in [-0.2, 0) is 10.2 Å². The van der Waals surface area contributed by atoms with E-state index in [1.54, 1.807) is 0 Å². The highest BCUT2D eigenvalue weighted by atomic mass is 16.1. The Balaban J connectivity index is 2.56. The molecule has 0 N–H and O–H groups in total. The number of nitrogens with zero attached hydrogens (tertiary/aromatic N) is 1. The molecule has 2 aromatic carbocycles. The van der Waals surface area contributed by atoms with Crippen LogP contribution in [0, 0.1) is 5.92 Å². The summed E-state index contributed by atoms with van der Waals surface area (Å²) < 4.78 is 0. The summed E-state index contributed by atoms with van der Waals surface area (Å²) >= 11 is 0. The zero-order chi connectivity index (χ0) is 16.2. The summed E-state index contributed by atoms with van der Waals surface area (Å²) in [6.07, 6.45) is 2.94.